The number of alkyl carbamates (subject to hydrolysis) is 1. The van der Waals surface area contributed by atoms with Gasteiger partial charge in [0, 0.05) is 16.5 Å². The Bertz CT molecular complexity index is 1090. The van der Waals surface area contributed by atoms with Gasteiger partial charge in [-0.3, -0.25) is 0 Å². The lowest BCUT2D eigenvalue weighted by Crippen LogP contribution is -2.34. The van der Waals surface area contributed by atoms with Crippen molar-refractivity contribution in [1.82, 2.24) is 10.3 Å². The first-order valence-electron chi connectivity index (χ1n) is 9.70. The molecule has 1 unspecified atom stereocenters. The average molecular weight is 386 g/mol. The minimum Gasteiger partial charge on any atom is -0.444 e. The second-order valence-corrected chi connectivity index (χ2v) is 7.91. The lowest BCUT2D eigenvalue weighted by Gasteiger charge is -2.23. The average Bonchev–Trinajstić information content (AvgIpc) is 2.66. The summed E-state index contributed by atoms with van der Waals surface area (Å²) in [4.78, 5) is 17.3. The Balaban J connectivity index is 2.11. The first-order valence-corrected chi connectivity index (χ1v) is 9.70. The maximum atomic E-state index is 12.3. The molecule has 0 radical (unpaired) electrons. The van der Waals surface area contributed by atoms with Crippen LogP contribution in [0.4, 0.5) is 4.79 Å². The summed E-state index contributed by atoms with van der Waals surface area (Å²) in [6, 6.07) is 17.7. The van der Waals surface area contributed by atoms with Crippen LogP contribution in [0.3, 0.4) is 0 Å². The maximum absolute atomic E-state index is 12.3. The summed E-state index contributed by atoms with van der Waals surface area (Å²) in [6.07, 6.45) is -0.449. The van der Waals surface area contributed by atoms with E-state index in [4.69, 9.17) is 9.72 Å². The summed E-state index contributed by atoms with van der Waals surface area (Å²) in [5.74, 6) is 6.09. The number of ether oxygens (including phenoxy) is 1. The van der Waals surface area contributed by atoms with E-state index in [0.29, 0.717) is 0 Å². The monoisotopic (exact) mass is 386 g/mol. The Morgan fingerprint density at radius 2 is 1.83 bits per heavy atom. The minimum atomic E-state index is -0.554. The number of aromatic nitrogens is 1. The number of carbonyl (C=O) groups is 1. The quantitative estimate of drug-likeness (QED) is 0.574. The molecule has 1 amide bonds. The molecule has 0 saturated carbocycles. The zero-order valence-corrected chi connectivity index (χ0v) is 17.5. The lowest BCUT2D eigenvalue weighted by molar-refractivity contribution is 0.0508. The van der Waals surface area contributed by atoms with Crippen LogP contribution in [0.15, 0.2) is 54.6 Å². The van der Waals surface area contributed by atoms with Crippen LogP contribution in [0.1, 0.15) is 51.8 Å². The highest BCUT2D eigenvalue weighted by Crippen LogP contribution is 2.31. The first kappa shape index (κ1) is 20.4. The van der Waals surface area contributed by atoms with Gasteiger partial charge in [0.25, 0.3) is 0 Å². The Morgan fingerprint density at radius 3 is 2.48 bits per heavy atom. The molecule has 1 N–H and O–H groups in total. The van der Waals surface area contributed by atoms with Crippen molar-refractivity contribution < 1.29 is 9.53 Å². The van der Waals surface area contributed by atoms with Crippen molar-refractivity contribution in [1.29, 1.82) is 0 Å². The highest BCUT2D eigenvalue weighted by molar-refractivity contribution is 5.88. The molecule has 4 nitrogen and oxygen atoms in total. The van der Waals surface area contributed by atoms with Crippen LogP contribution in [-0.4, -0.2) is 16.7 Å². The molecule has 0 spiro atoms. The summed E-state index contributed by atoms with van der Waals surface area (Å²) in [6.45, 7) is 9.30. The zero-order chi connectivity index (χ0) is 21.0. The van der Waals surface area contributed by atoms with Gasteiger partial charge in [-0.05, 0) is 46.8 Å². The fourth-order valence-electron chi connectivity index (χ4n) is 3.17. The van der Waals surface area contributed by atoms with Gasteiger partial charge in [0.05, 0.1) is 22.8 Å². The summed E-state index contributed by atoms with van der Waals surface area (Å²) in [7, 11) is 0. The molecule has 0 bridgehead atoms. The molecule has 3 rings (SSSR count). The van der Waals surface area contributed by atoms with E-state index in [9.17, 15) is 4.79 Å². The number of rotatable bonds is 3. The van der Waals surface area contributed by atoms with Gasteiger partial charge in [-0.25, -0.2) is 9.78 Å². The van der Waals surface area contributed by atoms with Crippen LogP contribution in [0.25, 0.3) is 22.2 Å². The third-order valence-electron chi connectivity index (χ3n) is 4.38. The number of nitrogens with one attached hydrogen (secondary N) is 1. The van der Waals surface area contributed by atoms with E-state index in [1.165, 1.54) is 0 Å². The number of fused-ring (bicyclic) bond motifs is 1. The van der Waals surface area contributed by atoms with E-state index in [2.05, 4.69) is 23.2 Å². The summed E-state index contributed by atoms with van der Waals surface area (Å²) in [5.41, 5.74) is 3.93. The normalized spacial score (nSPS) is 12.0. The van der Waals surface area contributed by atoms with Gasteiger partial charge in [-0.1, -0.05) is 48.4 Å². The molecule has 148 valence electrons. The lowest BCUT2D eigenvalue weighted by atomic mass is 9.97. The van der Waals surface area contributed by atoms with Gasteiger partial charge in [0.2, 0.25) is 0 Å². The molecule has 4 heteroatoms. The smallest absolute Gasteiger partial charge is 0.408 e. The number of para-hydroxylation sites is 1. The molecule has 2 aromatic carbocycles. The fourth-order valence-corrected chi connectivity index (χ4v) is 3.17. The molecule has 0 aliphatic rings. The van der Waals surface area contributed by atoms with Gasteiger partial charge in [0.15, 0.2) is 0 Å². The summed E-state index contributed by atoms with van der Waals surface area (Å²) < 4.78 is 5.43. The highest BCUT2D eigenvalue weighted by atomic mass is 16.6. The molecule has 0 aliphatic carbocycles. The molecular formula is C25H26N2O2. The van der Waals surface area contributed by atoms with E-state index in [-0.39, 0.29) is 6.04 Å². The van der Waals surface area contributed by atoms with Crippen molar-refractivity contribution >= 4 is 17.0 Å². The van der Waals surface area contributed by atoms with Crippen molar-refractivity contribution in [3.8, 4) is 23.1 Å². The molecule has 1 aromatic heterocycles. The largest absolute Gasteiger partial charge is 0.444 e. The topological polar surface area (TPSA) is 51.2 Å². The molecule has 1 atom stereocenters. The van der Waals surface area contributed by atoms with Crippen molar-refractivity contribution in [2.24, 2.45) is 0 Å². The van der Waals surface area contributed by atoms with Crippen molar-refractivity contribution in [2.45, 2.75) is 46.3 Å². The number of pyridine rings is 1. The molecule has 0 aliphatic heterocycles. The Labute approximate surface area is 172 Å². The van der Waals surface area contributed by atoms with E-state index in [0.717, 1.165) is 33.3 Å². The third-order valence-corrected chi connectivity index (χ3v) is 4.38. The van der Waals surface area contributed by atoms with E-state index in [1.54, 1.807) is 0 Å². The molecular weight excluding hydrogens is 360 g/mol. The standard InChI is InChI=1S/C25H26N2O2/c1-6-11-18-14-10-15-20-16-21(17(2)26-24(28)29-25(3,4)5)23(27-22(18)20)19-12-8-7-9-13-19/h7-10,12-17H,1-5H3,(H,26,28). The van der Waals surface area contributed by atoms with Crippen LogP contribution in [0.5, 0.6) is 0 Å². The Kier molecular flexibility index (Phi) is 5.89. The Morgan fingerprint density at radius 1 is 1.10 bits per heavy atom. The summed E-state index contributed by atoms with van der Waals surface area (Å²) >= 11 is 0. The number of benzene rings is 2. The molecule has 0 saturated heterocycles. The van der Waals surface area contributed by atoms with E-state index >= 15 is 0 Å². The second-order valence-electron chi connectivity index (χ2n) is 7.91. The fraction of sp³-hybridized carbons (Fsp3) is 0.280. The predicted molar refractivity (Wildman–Crippen MR) is 118 cm³/mol. The van der Waals surface area contributed by atoms with Gasteiger partial charge >= 0.3 is 6.09 Å². The zero-order valence-electron chi connectivity index (χ0n) is 17.5. The van der Waals surface area contributed by atoms with E-state index in [1.807, 2.05) is 83.1 Å². The second kappa shape index (κ2) is 8.36. The van der Waals surface area contributed by atoms with Crippen LogP contribution in [-0.2, 0) is 4.74 Å². The van der Waals surface area contributed by atoms with Gasteiger partial charge in [0.1, 0.15) is 5.60 Å². The third kappa shape index (κ3) is 4.94. The molecule has 3 aromatic rings. The van der Waals surface area contributed by atoms with Crippen molar-refractivity contribution in [2.75, 3.05) is 0 Å². The maximum Gasteiger partial charge on any atom is 0.408 e. The van der Waals surface area contributed by atoms with Crippen LogP contribution < -0.4 is 5.32 Å². The number of hydrogen-bond donors (Lipinski definition) is 1. The van der Waals surface area contributed by atoms with Crippen molar-refractivity contribution in [3.63, 3.8) is 0 Å². The van der Waals surface area contributed by atoms with E-state index < -0.39 is 11.7 Å². The van der Waals surface area contributed by atoms with Crippen LogP contribution in [0, 0.1) is 11.8 Å². The number of nitrogens with zero attached hydrogens (tertiary/aromatic N) is 1. The highest BCUT2D eigenvalue weighted by Gasteiger charge is 2.21. The van der Waals surface area contributed by atoms with Crippen molar-refractivity contribution in [3.05, 3.63) is 65.7 Å². The van der Waals surface area contributed by atoms with Gasteiger partial charge < -0.3 is 10.1 Å². The molecule has 29 heavy (non-hydrogen) atoms. The SMILES string of the molecule is CC#Cc1cccc2cc(C(C)NC(=O)OC(C)(C)C)c(-c3ccccc3)nc12. The number of hydrogen-bond acceptors (Lipinski definition) is 3. The Hall–Kier alpha value is -3.32. The summed E-state index contributed by atoms with van der Waals surface area (Å²) in [5, 5.41) is 3.92. The molecule has 0 fully saturated rings. The molecule has 1 heterocycles. The number of amides is 1. The van der Waals surface area contributed by atoms with Crippen LogP contribution >= 0.6 is 0 Å². The number of carbonyl (C=O) groups excluding carboxylic acids is 1. The predicted octanol–water partition coefficient (Wildman–Crippen LogP) is 5.86. The van der Waals surface area contributed by atoms with Gasteiger partial charge in [-0.15, -0.1) is 5.92 Å². The first-order chi connectivity index (χ1) is 13.8. The minimum absolute atomic E-state index is 0.280. The van der Waals surface area contributed by atoms with Crippen LogP contribution in [0.2, 0.25) is 0 Å². The van der Waals surface area contributed by atoms with Gasteiger partial charge in [-0.2, -0.15) is 0 Å².